The Morgan fingerprint density at radius 3 is 2.30 bits per heavy atom. The topological polar surface area (TPSA) is 49.9 Å². The maximum atomic E-state index is 12.5. The van der Waals surface area contributed by atoms with Gasteiger partial charge < -0.3 is 14.5 Å². The van der Waals surface area contributed by atoms with Gasteiger partial charge in [-0.2, -0.15) is 0 Å². The number of ether oxygens (including phenoxy) is 1. The van der Waals surface area contributed by atoms with Crippen molar-refractivity contribution in [3.05, 3.63) is 0 Å². The van der Waals surface area contributed by atoms with E-state index in [1.165, 1.54) is 0 Å². The van der Waals surface area contributed by atoms with Crippen LogP contribution in [0.3, 0.4) is 0 Å². The highest BCUT2D eigenvalue weighted by molar-refractivity contribution is 5.85. The summed E-state index contributed by atoms with van der Waals surface area (Å²) in [4.78, 5) is 28.6. The van der Waals surface area contributed by atoms with Crippen molar-refractivity contribution in [3.63, 3.8) is 0 Å². The first-order valence-electron chi connectivity index (χ1n) is 7.74. The molecule has 3 rings (SSSR count). The second-order valence-corrected chi connectivity index (χ2v) is 6.47. The molecule has 3 fully saturated rings. The molecule has 1 spiro atoms. The lowest BCUT2D eigenvalue weighted by molar-refractivity contribution is -0.145. The summed E-state index contributed by atoms with van der Waals surface area (Å²) in [5, 5.41) is 0. The Morgan fingerprint density at radius 1 is 1.15 bits per heavy atom. The van der Waals surface area contributed by atoms with Gasteiger partial charge in [0.2, 0.25) is 11.8 Å². The Bertz CT molecular complexity index is 396. The molecule has 0 N–H and O–H groups in total. The molecule has 0 unspecified atom stereocenters. The number of amides is 2. The minimum Gasteiger partial charge on any atom is -0.381 e. The van der Waals surface area contributed by atoms with E-state index >= 15 is 0 Å². The Hall–Kier alpha value is -1.10. The second-order valence-electron chi connectivity index (χ2n) is 6.47. The Morgan fingerprint density at radius 2 is 1.75 bits per heavy atom. The van der Waals surface area contributed by atoms with Gasteiger partial charge in [-0.3, -0.25) is 9.59 Å². The van der Waals surface area contributed by atoms with Gasteiger partial charge in [-0.1, -0.05) is 0 Å². The molecule has 0 aromatic carbocycles. The highest BCUT2D eigenvalue weighted by atomic mass is 16.5. The van der Waals surface area contributed by atoms with Crippen molar-refractivity contribution in [3.8, 4) is 0 Å². The molecule has 0 atom stereocenters. The number of nitrogens with zero attached hydrogens (tertiary/aromatic N) is 2. The van der Waals surface area contributed by atoms with Gasteiger partial charge in [0.25, 0.3) is 0 Å². The molecule has 0 aromatic rings. The molecular weight excluding hydrogens is 256 g/mol. The van der Waals surface area contributed by atoms with E-state index in [1.54, 1.807) is 0 Å². The van der Waals surface area contributed by atoms with Crippen LogP contribution in [0.1, 0.15) is 32.1 Å². The average Bonchev–Trinajstić information content (AvgIpc) is 2.77. The van der Waals surface area contributed by atoms with E-state index in [0.717, 1.165) is 51.7 Å². The minimum absolute atomic E-state index is 0.139. The maximum absolute atomic E-state index is 12.5. The number of hydrogen-bond acceptors (Lipinski definition) is 3. The predicted molar refractivity (Wildman–Crippen MR) is 74.0 cm³/mol. The van der Waals surface area contributed by atoms with Crippen molar-refractivity contribution < 1.29 is 14.3 Å². The zero-order valence-electron chi connectivity index (χ0n) is 12.3. The fraction of sp³-hybridized carbons (Fsp3) is 0.867. The maximum Gasteiger partial charge on any atom is 0.228 e. The lowest BCUT2D eigenvalue weighted by atomic mass is 9.77. The third-order valence-corrected chi connectivity index (χ3v) is 5.33. The van der Waals surface area contributed by atoms with Crippen LogP contribution in [-0.2, 0) is 14.3 Å². The third kappa shape index (κ3) is 2.32. The zero-order valence-corrected chi connectivity index (χ0v) is 12.3. The molecule has 112 valence electrons. The minimum atomic E-state index is -0.165. The van der Waals surface area contributed by atoms with Gasteiger partial charge in [-0.15, -0.1) is 0 Å². The highest BCUT2D eigenvalue weighted by Gasteiger charge is 2.47. The Balaban J connectivity index is 1.58. The van der Waals surface area contributed by atoms with Gasteiger partial charge in [0.05, 0.1) is 5.41 Å². The average molecular weight is 280 g/mol. The number of rotatable bonds is 1. The SMILES string of the molecule is CN1CCC2(CCN(C(=O)C3CCOCC3)CC2)C1=O. The van der Waals surface area contributed by atoms with E-state index in [4.69, 9.17) is 4.74 Å². The molecule has 3 heterocycles. The zero-order chi connectivity index (χ0) is 14.2. The summed E-state index contributed by atoms with van der Waals surface area (Å²) in [6.07, 6.45) is 4.34. The van der Waals surface area contributed by atoms with Crippen LogP contribution < -0.4 is 0 Å². The molecule has 0 radical (unpaired) electrons. The van der Waals surface area contributed by atoms with Gasteiger partial charge in [0, 0.05) is 45.8 Å². The molecule has 3 aliphatic heterocycles. The third-order valence-electron chi connectivity index (χ3n) is 5.33. The van der Waals surface area contributed by atoms with E-state index in [9.17, 15) is 9.59 Å². The van der Waals surface area contributed by atoms with E-state index in [2.05, 4.69) is 0 Å². The molecule has 20 heavy (non-hydrogen) atoms. The van der Waals surface area contributed by atoms with Gasteiger partial charge in [0.1, 0.15) is 0 Å². The lowest BCUT2D eigenvalue weighted by Gasteiger charge is -2.39. The summed E-state index contributed by atoms with van der Waals surface area (Å²) in [6, 6.07) is 0. The second kappa shape index (κ2) is 5.35. The molecule has 0 bridgehead atoms. The van der Waals surface area contributed by atoms with Gasteiger partial charge in [-0.05, 0) is 32.1 Å². The first-order chi connectivity index (χ1) is 9.62. The number of hydrogen-bond donors (Lipinski definition) is 0. The predicted octanol–water partition coefficient (Wildman–Crippen LogP) is 0.884. The Kier molecular flexibility index (Phi) is 3.71. The summed E-state index contributed by atoms with van der Waals surface area (Å²) in [6.45, 7) is 3.77. The van der Waals surface area contributed by atoms with Gasteiger partial charge in [0.15, 0.2) is 0 Å². The van der Waals surface area contributed by atoms with Crippen molar-refractivity contribution in [1.82, 2.24) is 9.80 Å². The monoisotopic (exact) mass is 280 g/mol. The van der Waals surface area contributed by atoms with E-state index < -0.39 is 0 Å². The van der Waals surface area contributed by atoms with Crippen molar-refractivity contribution in [2.24, 2.45) is 11.3 Å². The molecular formula is C15H24N2O3. The molecule has 2 amide bonds. The normalized spacial score (nSPS) is 27.4. The molecule has 0 aromatic heterocycles. The number of piperidine rings is 1. The summed E-state index contributed by atoms with van der Waals surface area (Å²) in [5.74, 6) is 0.706. The van der Waals surface area contributed by atoms with Crippen LogP contribution in [0.4, 0.5) is 0 Å². The van der Waals surface area contributed by atoms with E-state index in [0.29, 0.717) is 13.2 Å². The van der Waals surface area contributed by atoms with Crippen LogP contribution in [-0.4, -0.2) is 61.5 Å². The molecule has 5 heteroatoms. The molecule has 0 saturated carbocycles. The number of likely N-dealkylation sites (tertiary alicyclic amines) is 2. The van der Waals surface area contributed by atoms with E-state index in [-0.39, 0.29) is 23.1 Å². The van der Waals surface area contributed by atoms with Crippen LogP contribution in [0.2, 0.25) is 0 Å². The van der Waals surface area contributed by atoms with Crippen LogP contribution in [0.5, 0.6) is 0 Å². The smallest absolute Gasteiger partial charge is 0.228 e. The Labute approximate surface area is 120 Å². The van der Waals surface area contributed by atoms with Crippen molar-refractivity contribution in [2.45, 2.75) is 32.1 Å². The van der Waals surface area contributed by atoms with Crippen molar-refractivity contribution >= 4 is 11.8 Å². The van der Waals surface area contributed by atoms with Crippen molar-refractivity contribution in [2.75, 3.05) is 39.9 Å². The molecule has 5 nitrogen and oxygen atoms in total. The fourth-order valence-electron chi connectivity index (χ4n) is 3.82. The van der Waals surface area contributed by atoms with Crippen molar-refractivity contribution in [1.29, 1.82) is 0 Å². The summed E-state index contributed by atoms with van der Waals surface area (Å²) >= 11 is 0. The standard InChI is InChI=1S/C15H24N2O3/c1-16-7-4-15(14(16)19)5-8-17(9-6-15)13(18)12-2-10-20-11-3-12/h12H,2-11H2,1H3. The van der Waals surface area contributed by atoms with Gasteiger partial charge in [-0.25, -0.2) is 0 Å². The van der Waals surface area contributed by atoms with Crippen LogP contribution in [0.15, 0.2) is 0 Å². The highest BCUT2D eigenvalue weighted by Crippen LogP contribution is 2.41. The van der Waals surface area contributed by atoms with Crippen LogP contribution in [0.25, 0.3) is 0 Å². The fourth-order valence-corrected chi connectivity index (χ4v) is 3.82. The number of carbonyl (C=O) groups excluding carboxylic acids is 2. The first kappa shape index (κ1) is 13.9. The summed E-state index contributed by atoms with van der Waals surface area (Å²) in [5.41, 5.74) is -0.165. The van der Waals surface area contributed by atoms with Gasteiger partial charge >= 0.3 is 0 Å². The lowest BCUT2D eigenvalue weighted by Crippen LogP contribution is -2.48. The molecule has 3 saturated heterocycles. The summed E-state index contributed by atoms with van der Waals surface area (Å²) in [7, 11) is 1.89. The number of carbonyl (C=O) groups is 2. The molecule has 3 aliphatic rings. The molecule has 0 aliphatic carbocycles. The quantitative estimate of drug-likeness (QED) is 0.716. The first-order valence-corrected chi connectivity index (χ1v) is 7.74. The largest absolute Gasteiger partial charge is 0.381 e. The summed E-state index contributed by atoms with van der Waals surface area (Å²) < 4.78 is 5.32. The van der Waals surface area contributed by atoms with Crippen LogP contribution >= 0.6 is 0 Å². The van der Waals surface area contributed by atoms with Crippen LogP contribution in [0, 0.1) is 11.3 Å². The van der Waals surface area contributed by atoms with E-state index in [1.807, 2.05) is 16.8 Å².